The van der Waals surface area contributed by atoms with Crippen molar-refractivity contribution in [1.29, 1.82) is 0 Å². The largest absolute Gasteiger partial charge is 0.416 e. The second-order valence-electron chi connectivity index (χ2n) is 7.84. The zero-order chi connectivity index (χ0) is 23.3. The van der Waals surface area contributed by atoms with Crippen molar-refractivity contribution in [3.8, 4) is 5.69 Å². The van der Waals surface area contributed by atoms with Gasteiger partial charge in [0, 0.05) is 30.8 Å². The summed E-state index contributed by atoms with van der Waals surface area (Å²) in [5, 5.41) is 9.29. The number of amides is 2. The molecule has 0 aliphatic heterocycles. The van der Waals surface area contributed by atoms with Gasteiger partial charge in [0.05, 0.1) is 11.3 Å². The highest BCUT2D eigenvalue weighted by molar-refractivity contribution is 5.92. The number of hydrogen-bond donors (Lipinski definition) is 2. The van der Waals surface area contributed by atoms with Crippen LogP contribution in [0.15, 0.2) is 35.1 Å². The average Bonchev–Trinajstić information content (AvgIpc) is 2.76. The number of alkyl halides is 3. The smallest absolute Gasteiger partial charge is 0.354 e. The molecule has 0 radical (unpaired) electrons. The lowest BCUT2D eigenvalue weighted by atomic mass is 9.89. The minimum atomic E-state index is -4.54. The van der Waals surface area contributed by atoms with Crippen molar-refractivity contribution in [2.75, 3.05) is 13.1 Å². The van der Waals surface area contributed by atoms with Gasteiger partial charge in [0.2, 0.25) is 11.3 Å². The van der Waals surface area contributed by atoms with Crippen molar-refractivity contribution in [3.05, 3.63) is 57.5 Å². The van der Waals surface area contributed by atoms with Gasteiger partial charge in [0.25, 0.3) is 5.91 Å². The Bertz CT molecular complexity index is 1040. The molecule has 0 unspecified atom stereocenters. The molecule has 1 aliphatic rings. The fourth-order valence-corrected chi connectivity index (χ4v) is 3.73. The normalized spacial score (nSPS) is 14.8. The fourth-order valence-electron chi connectivity index (χ4n) is 3.73. The molecule has 1 fully saturated rings. The SMILES string of the molecule is Cc1cc(=O)c(C(=O)NCCNC(=O)C2CCCCC2)nn1-c1cccc(C(F)(F)F)c1. The van der Waals surface area contributed by atoms with Crippen LogP contribution in [-0.2, 0) is 11.0 Å². The van der Waals surface area contributed by atoms with E-state index in [0.29, 0.717) is 0 Å². The molecule has 1 aromatic heterocycles. The van der Waals surface area contributed by atoms with Crippen LogP contribution in [0, 0.1) is 12.8 Å². The molecule has 1 aliphatic carbocycles. The number of carbonyl (C=O) groups excluding carboxylic acids is 2. The minimum absolute atomic E-state index is 0.00196. The Labute approximate surface area is 183 Å². The van der Waals surface area contributed by atoms with Crippen molar-refractivity contribution < 1.29 is 22.8 Å². The van der Waals surface area contributed by atoms with Gasteiger partial charge in [-0.2, -0.15) is 18.3 Å². The number of rotatable bonds is 6. The first-order valence-corrected chi connectivity index (χ1v) is 10.5. The van der Waals surface area contributed by atoms with Crippen molar-refractivity contribution in [3.63, 3.8) is 0 Å². The lowest BCUT2D eigenvalue weighted by Gasteiger charge is -2.20. The molecule has 1 saturated carbocycles. The Kier molecular flexibility index (Phi) is 7.32. The number of benzene rings is 1. The van der Waals surface area contributed by atoms with E-state index in [1.165, 1.54) is 19.1 Å². The van der Waals surface area contributed by atoms with E-state index in [4.69, 9.17) is 0 Å². The molecular weight excluding hydrogens is 425 g/mol. The third-order valence-corrected chi connectivity index (χ3v) is 5.43. The summed E-state index contributed by atoms with van der Waals surface area (Å²) in [6.45, 7) is 1.81. The summed E-state index contributed by atoms with van der Waals surface area (Å²) in [5.74, 6) is -0.806. The standard InChI is InChI=1S/C22H25F3N4O3/c1-14-12-18(30)19(28-29(14)17-9-5-8-16(13-17)22(23,24)25)21(32)27-11-10-26-20(31)15-6-3-2-4-7-15/h5,8-9,12-13,15H,2-4,6-7,10-11H2,1H3,(H,26,31)(H,27,32). The monoisotopic (exact) mass is 450 g/mol. The van der Waals surface area contributed by atoms with Crippen LogP contribution in [-0.4, -0.2) is 34.7 Å². The van der Waals surface area contributed by atoms with Crippen LogP contribution in [0.2, 0.25) is 0 Å². The fraction of sp³-hybridized carbons (Fsp3) is 0.455. The van der Waals surface area contributed by atoms with Crippen molar-refractivity contribution in [1.82, 2.24) is 20.4 Å². The Morgan fingerprint density at radius 2 is 1.78 bits per heavy atom. The van der Waals surface area contributed by atoms with E-state index >= 15 is 0 Å². The van der Waals surface area contributed by atoms with Crippen molar-refractivity contribution >= 4 is 11.8 Å². The topological polar surface area (TPSA) is 93.1 Å². The van der Waals surface area contributed by atoms with Gasteiger partial charge in [0.15, 0.2) is 5.69 Å². The molecule has 10 heteroatoms. The van der Waals surface area contributed by atoms with E-state index in [2.05, 4.69) is 15.7 Å². The van der Waals surface area contributed by atoms with E-state index in [9.17, 15) is 27.6 Å². The second kappa shape index (κ2) is 9.97. The van der Waals surface area contributed by atoms with Crippen molar-refractivity contribution in [2.24, 2.45) is 5.92 Å². The highest BCUT2D eigenvalue weighted by Gasteiger charge is 2.30. The second-order valence-corrected chi connectivity index (χ2v) is 7.84. The summed E-state index contributed by atoms with van der Waals surface area (Å²) in [6, 6.07) is 5.60. The van der Waals surface area contributed by atoms with Crippen LogP contribution in [0.3, 0.4) is 0 Å². The molecule has 3 rings (SSSR count). The van der Waals surface area contributed by atoms with Gasteiger partial charge in [-0.25, -0.2) is 4.68 Å². The predicted octanol–water partition coefficient (Wildman–Crippen LogP) is 2.99. The molecule has 0 spiro atoms. The summed E-state index contributed by atoms with van der Waals surface area (Å²) in [6.07, 6.45) is 0.395. The van der Waals surface area contributed by atoms with Gasteiger partial charge >= 0.3 is 6.18 Å². The van der Waals surface area contributed by atoms with E-state index in [-0.39, 0.29) is 36.3 Å². The Hall–Kier alpha value is -3.17. The van der Waals surface area contributed by atoms with Gasteiger partial charge in [-0.15, -0.1) is 0 Å². The summed E-state index contributed by atoms with van der Waals surface area (Å²) in [4.78, 5) is 36.8. The zero-order valence-electron chi connectivity index (χ0n) is 17.7. The first-order valence-electron chi connectivity index (χ1n) is 10.5. The molecular formula is C22H25F3N4O3. The van der Waals surface area contributed by atoms with Gasteiger partial charge in [0.1, 0.15) is 0 Å². The molecule has 7 nitrogen and oxygen atoms in total. The predicted molar refractivity (Wildman–Crippen MR) is 111 cm³/mol. The third-order valence-electron chi connectivity index (χ3n) is 5.43. The van der Waals surface area contributed by atoms with E-state index in [1.54, 1.807) is 0 Å². The number of carbonyl (C=O) groups is 2. The molecule has 0 saturated heterocycles. The Morgan fingerprint density at radius 1 is 1.09 bits per heavy atom. The molecule has 2 N–H and O–H groups in total. The first kappa shape index (κ1) is 23.5. The van der Waals surface area contributed by atoms with Crippen LogP contribution in [0.25, 0.3) is 5.69 Å². The molecule has 2 amide bonds. The summed E-state index contributed by atoms with van der Waals surface area (Å²) in [5.41, 5.74) is -1.59. The third kappa shape index (κ3) is 5.74. The number of aromatic nitrogens is 2. The van der Waals surface area contributed by atoms with Crippen LogP contribution >= 0.6 is 0 Å². The number of halogens is 3. The maximum Gasteiger partial charge on any atom is 0.416 e. The van der Waals surface area contributed by atoms with Crippen LogP contribution < -0.4 is 16.1 Å². The van der Waals surface area contributed by atoms with Crippen LogP contribution in [0.1, 0.15) is 53.8 Å². The van der Waals surface area contributed by atoms with Crippen LogP contribution in [0.5, 0.6) is 0 Å². The maximum absolute atomic E-state index is 13.0. The Morgan fingerprint density at radius 3 is 2.47 bits per heavy atom. The summed E-state index contributed by atoms with van der Waals surface area (Å²) >= 11 is 0. The van der Waals surface area contributed by atoms with Gasteiger partial charge in [-0.1, -0.05) is 25.3 Å². The average molecular weight is 450 g/mol. The number of nitrogens with one attached hydrogen (secondary N) is 2. The number of nitrogens with zero attached hydrogens (tertiary/aromatic N) is 2. The quantitative estimate of drug-likeness (QED) is 0.662. The number of aryl methyl sites for hydroxylation is 1. The summed E-state index contributed by atoms with van der Waals surface area (Å²) in [7, 11) is 0. The maximum atomic E-state index is 13.0. The molecule has 2 aromatic rings. The lowest BCUT2D eigenvalue weighted by Crippen LogP contribution is -2.39. The first-order chi connectivity index (χ1) is 15.2. The zero-order valence-corrected chi connectivity index (χ0v) is 17.7. The summed E-state index contributed by atoms with van der Waals surface area (Å²) < 4.78 is 40.2. The molecule has 0 atom stereocenters. The highest BCUT2D eigenvalue weighted by atomic mass is 19.4. The van der Waals surface area contributed by atoms with Crippen molar-refractivity contribution in [2.45, 2.75) is 45.2 Å². The lowest BCUT2D eigenvalue weighted by molar-refractivity contribution is -0.137. The Balaban J connectivity index is 1.67. The molecule has 1 aromatic carbocycles. The van der Waals surface area contributed by atoms with Gasteiger partial charge in [-0.05, 0) is 38.0 Å². The minimum Gasteiger partial charge on any atom is -0.354 e. The number of hydrogen-bond acceptors (Lipinski definition) is 4. The molecule has 1 heterocycles. The molecule has 0 bridgehead atoms. The molecule has 172 valence electrons. The van der Waals surface area contributed by atoms with E-state index in [1.807, 2.05) is 0 Å². The highest BCUT2D eigenvalue weighted by Crippen LogP contribution is 2.30. The van der Waals surface area contributed by atoms with E-state index < -0.39 is 28.8 Å². The molecule has 32 heavy (non-hydrogen) atoms. The van der Waals surface area contributed by atoms with Gasteiger partial charge < -0.3 is 10.6 Å². The van der Waals surface area contributed by atoms with Gasteiger partial charge in [-0.3, -0.25) is 14.4 Å². The van der Waals surface area contributed by atoms with E-state index in [0.717, 1.165) is 55.0 Å². The van der Waals surface area contributed by atoms with Crippen LogP contribution in [0.4, 0.5) is 13.2 Å².